The Morgan fingerprint density at radius 3 is 2.30 bits per heavy atom. The van der Waals surface area contributed by atoms with Crippen molar-refractivity contribution in [3.8, 4) is 0 Å². The highest BCUT2D eigenvalue weighted by molar-refractivity contribution is 7.89. The van der Waals surface area contributed by atoms with Gasteiger partial charge in [-0.15, -0.1) is 0 Å². The number of anilines is 1. The molecular weight excluding hydrogens is 370 g/mol. The first-order chi connectivity index (χ1) is 12.8. The fraction of sp³-hybridized carbons (Fsp3) is 0.333. The summed E-state index contributed by atoms with van der Waals surface area (Å²) in [4.78, 5) is 26.6. The van der Waals surface area contributed by atoms with Gasteiger partial charge in [-0.25, -0.2) is 13.6 Å². The minimum Gasteiger partial charge on any atom is -0.469 e. The molecule has 0 unspecified atom stereocenters. The van der Waals surface area contributed by atoms with Gasteiger partial charge in [0, 0.05) is 24.7 Å². The van der Waals surface area contributed by atoms with Gasteiger partial charge in [0.2, 0.25) is 15.9 Å². The number of aryl methyl sites for hydroxylation is 1. The number of hydrogen-bond acceptors (Lipinski definition) is 5. The molecule has 0 radical (unpaired) electrons. The Morgan fingerprint density at radius 2 is 1.78 bits per heavy atom. The van der Waals surface area contributed by atoms with Crippen LogP contribution in [0.5, 0.6) is 0 Å². The third kappa shape index (κ3) is 4.37. The van der Waals surface area contributed by atoms with Crippen LogP contribution in [0.2, 0.25) is 0 Å². The van der Waals surface area contributed by atoms with E-state index in [1.807, 2.05) is 0 Å². The van der Waals surface area contributed by atoms with Crippen LogP contribution in [0.4, 0.5) is 5.69 Å². The maximum atomic E-state index is 12.5. The zero-order valence-electron chi connectivity index (χ0n) is 14.8. The second kappa shape index (κ2) is 7.53. The van der Waals surface area contributed by atoms with Gasteiger partial charge < -0.3 is 14.6 Å². The van der Waals surface area contributed by atoms with Crippen LogP contribution < -0.4 is 10.5 Å². The van der Waals surface area contributed by atoms with Crippen LogP contribution in [-0.4, -0.2) is 38.2 Å². The molecule has 1 aliphatic heterocycles. The van der Waals surface area contributed by atoms with Crippen LogP contribution in [0.3, 0.4) is 0 Å². The summed E-state index contributed by atoms with van der Waals surface area (Å²) in [6, 6.07) is 7.34. The molecule has 0 atom stereocenters. The fourth-order valence-electron chi connectivity index (χ4n) is 3.09. The van der Waals surface area contributed by atoms with Gasteiger partial charge in [0.1, 0.15) is 5.76 Å². The van der Waals surface area contributed by atoms with Gasteiger partial charge in [0.25, 0.3) is 5.91 Å². The number of primary sulfonamides is 1. The number of nitrogens with one attached hydrogen (secondary N) is 1. The van der Waals surface area contributed by atoms with Crippen LogP contribution in [0.25, 0.3) is 0 Å². The number of likely N-dealkylation sites (tertiary alicyclic amines) is 1. The van der Waals surface area contributed by atoms with E-state index in [0.29, 0.717) is 42.9 Å². The summed E-state index contributed by atoms with van der Waals surface area (Å²) in [5, 5.41) is 7.83. The van der Waals surface area contributed by atoms with Crippen molar-refractivity contribution < 1.29 is 22.4 Å². The SMILES string of the molecule is Cc1occc1C(=O)N1CCC(C(=O)Nc2ccc(S(N)(=O)=O)cc2)CC1. The smallest absolute Gasteiger partial charge is 0.257 e. The Morgan fingerprint density at radius 1 is 1.15 bits per heavy atom. The molecule has 0 spiro atoms. The van der Waals surface area contributed by atoms with Crippen molar-refractivity contribution in [3.05, 3.63) is 47.9 Å². The molecule has 27 heavy (non-hydrogen) atoms. The Bertz CT molecular complexity index is 942. The van der Waals surface area contributed by atoms with E-state index in [0.717, 1.165) is 0 Å². The highest BCUT2D eigenvalue weighted by Gasteiger charge is 2.29. The number of carbonyl (C=O) groups is 2. The topological polar surface area (TPSA) is 123 Å². The molecule has 1 aliphatic rings. The number of furan rings is 1. The average Bonchev–Trinajstić information content (AvgIpc) is 3.07. The molecule has 3 N–H and O–H groups in total. The zero-order valence-corrected chi connectivity index (χ0v) is 15.7. The lowest BCUT2D eigenvalue weighted by molar-refractivity contribution is -0.121. The van der Waals surface area contributed by atoms with E-state index in [1.54, 1.807) is 17.9 Å². The third-order valence-corrected chi connectivity index (χ3v) is 5.62. The van der Waals surface area contributed by atoms with E-state index in [4.69, 9.17) is 9.56 Å². The minimum atomic E-state index is -3.76. The Hall–Kier alpha value is -2.65. The number of rotatable bonds is 4. The second-order valence-corrected chi connectivity index (χ2v) is 8.08. The molecule has 0 saturated carbocycles. The Kier molecular flexibility index (Phi) is 5.33. The molecule has 9 heteroatoms. The van der Waals surface area contributed by atoms with Gasteiger partial charge in [0.15, 0.2) is 0 Å². The summed E-state index contributed by atoms with van der Waals surface area (Å²) in [6.45, 7) is 2.73. The first-order valence-electron chi connectivity index (χ1n) is 8.53. The lowest BCUT2D eigenvalue weighted by Crippen LogP contribution is -2.41. The summed E-state index contributed by atoms with van der Waals surface area (Å²) >= 11 is 0. The van der Waals surface area contributed by atoms with E-state index < -0.39 is 10.0 Å². The Labute approximate surface area is 157 Å². The molecule has 3 rings (SSSR count). The van der Waals surface area contributed by atoms with E-state index in [9.17, 15) is 18.0 Å². The predicted octanol–water partition coefficient (Wildman–Crippen LogP) is 1.73. The number of sulfonamides is 1. The van der Waals surface area contributed by atoms with Crippen molar-refractivity contribution in [3.63, 3.8) is 0 Å². The molecule has 1 saturated heterocycles. The van der Waals surface area contributed by atoms with Crippen molar-refractivity contribution in [2.24, 2.45) is 11.1 Å². The lowest BCUT2D eigenvalue weighted by Gasteiger charge is -2.31. The molecule has 0 aliphatic carbocycles. The molecule has 2 amide bonds. The van der Waals surface area contributed by atoms with Gasteiger partial charge in [-0.3, -0.25) is 9.59 Å². The number of nitrogens with two attached hydrogens (primary N) is 1. The monoisotopic (exact) mass is 391 g/mol. The largest absolute Gasteiger partial charge is 0.469 e. The molecule has 1 aromatic carbocycles. The van der Waals surface area contributed by atoms with Gasteiger partial charge in [-0.2, -0.15) is 0 Å². The first-order valence-corrected chi connectivity index (χ1v) is 10.1. The molecule has 2 aromatic rings. The molecular formula is C18H21N3O5S. The van der Waals surface area contributed by atoms with Crippen molar-refractivity contribution in [2.75, 3.05) is 18.4 Å². The number of piperidine rings is 1. The number of amides is 2. The molecule has 1 fully saturated rings. The van der Waals surface area contributed by atoms with Crippen molar-refractivity contribution >= 4 is 27.5 Å². The highest BCUT2D eigenvalue weighted by Crippen LogP contribution is 2.22. The maximum absolute atomic E-state index is 12.5. The lowest BCUT2D eigenvalue weighted by atomic mass is 9.95. The summed E-state index contributed by atoms with van der Waals surface area (Å²) in [5.41, 5.74) is 1.05. The van der Waals surface area contributed by atoms with Crippen LogP contribution in [0.15, 0.2) is 45.9 Å². The van der Waals surface area contributed by atoms with Crippen LogP contribution in [0.1, 0.15) is 29.0 Å². The molecule has 144 valence electrons. The van der Waals surface area contributed by atoms with Crippen molar-refractivity contribution in [1.82, 2.24) is 4.90 Å². The minimum absolute atomic E-state index is 0.0122. The summed E-state index contributed by atoms with van der Waals surface area (Å²) < 4.78 is 27.7. The summed E-state index contributed by atoms with van der Waals surface area (Å²) in [7, 11) is -3.76. The van der Waals surface area contributed by atoms with Gasteiger partial charge in [-0.05, 0) is 50.1 Å². The fourth-order valence-corrected chi connectivity index (χ4v) is 3.61. The number of carbonyl (C=O) groups excluding carboxylic acids is 2. The van der Waals surface area contributed by atoms with Gasteiger partial charge in [0.05, 0.1) is 16.7 Å². The molecule has 2 heterocycles. The van der Waals surface area contributed by atoms with Crippen LogP contribution >= 0.6 is 0 Å². The van der Waals surface area contributed by atoms with Crippen molar-refractivity contribution in [2.45, 2.75) is 24.7 Å². The van der Waals surface area contributed by atoms with E-state index in [-0.39, 0.29) is 22.6 Å². The van der Waals surface area contributed by atoms with E-state index in [2.05, 4.69) is 5.32 Å². The van der Waals surface area contributed by atoms with Crippen molar-refractivity contribution in [1.29, 1.82) is 0 Å². The summed E-state index contributed by atoms with van der Waals surface area (Å²) in [5.74, 6) is 0.142. The quantitative estimate of drug-likeness (QED) is 0.822. The normalized spacial score (nSPS) is 15.6. The molecule has 1 aromatic heterocycles. The van der Waals surface area contributed by atoms with Gasteiger partial charge >= 0.3 is 0 Å². The summed E-state index contributed by atoms with van der Waals surface area (Å²) in [6.07, 6.45) is 2.61. The van der Waals surface area contributed by atoms with E-state index in [1.165, 1.54) is 30.5 Å². The Balaban J connectivity index is 1.56. The second-order valence-electron chi connectivity index (χ2n) is 6.52. The number of benzene rings is 1. The predicted molar refractivity (Wildman–Crippen MR) is 98.5 cm³/mol. The van der Waals surface area contributed by atoms with Crippen LogP contribution in [-0.2, 0) is 14.8 Å². The molecule has 8 nitrogen and oxygen atoms in total. The highest BCUT2D eigenvalue weighted by atomic mass is 32.2. The molecule has 0 bridgehead atoms. The van der Waals surface area contributed by atoms with Gasteiger partial charge in [-0.1, -0.05) is 0 Å². The number of nitrogens with zero attached hydrogens (tertiary/aromatic N) is 1. The maximum Gasteiger partial charge on any atom is 0.257 e. The van der Waals surface area contributed by atoms with E-state index >= 15 is 0 Å². The standard InChI is InChI=1S/C18H21N3O5S/c1-12-16(8-11-26-12)18(23)21-9-6-13(7-10-21)17(22)20-14-2-4-15(5-3-14)27(19,24)25/h2-5,8,11,13H,6-7,9-10H2,1H3,(H,20,22)(H2,19,24,25). The third-order valence-electron chi connectivity index (χ3n) is 4.69. The number of hydrogen-bond donors (Lipinski definition) is 2. The van der Waals surface area contributed by atoms with Crippen LogP contribution in [0, 0.1) is 12.8 Å². The first kappa shape index (κ1) is 19.1. The zero-order chi connectivity index (χ0) is 19.6. The average molecular weight is 391 g/mol.